The zero-order valence-corrected chi connectivity index (χ0v) is 12.4. The lowest BCUT2D eigenvalue weighted by molar-refractivity contribution is 0.507. The molecule has 2 aromatic carbocycles. The highest BCUT2D eigenvalue weighted by Crippen LogP contribution is 2.33. The summed E-state index contributed by atoms with van der Waals surface area (Å²) in [5.41, 5.74) is 8.31. The molecule has 20 heavy (non-hydrogen) atoms. The van der Waals surface area contributed by atoms with Gasteiger partial charge in [-0.1, -0.05) is 34.1 Å². The van der Waals surface area contributed by atoms with E-state index in [1.807, 2.05) is 25.1 Å². The molecule has 0 fully saturated rings. The number of rotatable bonds is 2. The average Bonchev–Trinajstić information content (AvgIpc) is 2.76. The fourth-order valence-electron chi connectivity index (χ4n) is 2.38. The Morgan fingerprint density at radius 1 is 1.20 bits per heavy atom. The van der Waals surface area contributed by atoms with Gasteiger partial charge in [-0.3, -0.25) is 0 Å². The van der Waals surface area contributed by atoms with E-state index in [0.717, 1.165) is 21.0 Å². The molecule has 0 saturated heterocycles. The molecule has 4 heteroatoms. The van der Waals surface area contributed by atoms with Gasteiger partial charge in [-0.05, 0) is 31.2 Å². The van der Waals surface area contributed by atoms with Crippen molar-refractivity contribution in [3.8, 4) is 0 Å². The van der Waals surface area contributed by atoms with Crippen LogP contribution in [-0.2, 0) is 0 Å². The minimum absolute atomic E-state index is 0.318. The van der Waals surface area contributed by atoms with E-state index in [1.165, 1.54) is 6.07 Å². The van der Waals surface area contributed by atoms with Gasteiger partial charge in [0.25, 0.3) is 0 Å². The normalized spacial score (nSPS) is 12.8. The number of furan rings is 1. The Bertz CT molecular complexity index is 781. The third-order valence-electron chi connectivity index (χ3n) is 3.46. The zero-order chi connectivity index (χ0) is 14.3. The lowest BCUT2D eigenvalue weighted by Crippen LogP contribution is -2.13. The van der Waals surface area contributed by atoms with Crippen molar-refractivity contribution in [3.63, 3.8) is 0 Å². The fraction of sp³-hybridized carbons (Fsp3) is 0.125. The molecular formula is C16H13BrFNO. The standard InChI is InChI=1S/C16H13BrFNO/c1-9-12-8-10(17)6-7-14(12)20-16(9)15(19)11-4-2-3-5-13(11)18/h2-8,15H,19H2,1H3. The molecule has 1 atom stereocenters. The smallest absolute Gasteiger partial charge is 0.134 e. The monoisotopic (exact) mass is 333 g/mol. The second-order valence-electron chi connectivity index (χ2n) is 4.73. The summed E-state index contributed by atoms with van der Waals surface area (Å²) >= 11 is 3.44. The molecule has 2 nitrogen and oxygen atoms in total. The van der Waals surface area contributed by atoms with E-state index in [9.17, 15) is 4.39 Å². The molecule has 0 saturated carbocycles. The summed E-state index contributed by atoms with van der Waals surface area (Å²) in [4.78, 5) is 0. The van der Waals surface area contributed by atoms with Gasteiger partial charge in [0.1, 0.15) is 17.2 Å². The van der Waals surface area contributed by atoms with Crippen LogP contribution in [0.1, 0.15) is 22.9 Å². The second kappa shape index (κ2) is 5.04. The molecule has 0 aliphatic heterocycles. The van der Waals surface area contributed by atoms with Crippen LogP contribution in [0.25, 0.3) is 11.0 Å². The molecule has 102 valence electrons. The van der Waals surface area contributed by atoms with Gasteiger partial charge in [0.15, 0.2) is 0 Å². The molecule has 0 amide bonds. The third-order valence-corrected chi connectivity index (χ3v) is 3.95. The van der Waals surface area contributed by atoms with Crippen LogP contribution < -0.4 is 5.73 Å². The summed E-state index contributed by atoms with van der Waals surface area (Å²) in [6.07, 6.45) is 0. The van der Waals surface area contributed by atoms with Crippen LogP contribution in [0.4, 0.5) is 4.39 Å². The molecule has 1 aromatic heterocycles. The largest absolute Gasteiger partial charge is 0.459 e. The van der Waals surface area contributed by atoms with E-state index in [4.69, 9.17) is 10.2 Å². The number of benzene rings is 2. The van der Waals surface area contributed by atoms with Crippen molar-refractivity contribution in [3.05, 3.63) is 69.6 Å². The molecule has 1 unspecified atom stereocenters. The Hall–Kier alpha value is -1.65. The lowest BCUT2D eigenvalue weighted by atomic mass is 10.0. The molecule has 1 heterocycles. The van der Waals surface area contributed by atoms with Gasteiger partial charge in [-0.25, -0.2) is 4.39 Å². The maximum Gasteiger partial charge on any atom is 0.134 e. The molecule has 2 N–H and O–H groups in total. The van der Waals surface area contributed by atoms with Gasteiger partial charge in [-0.2, -0.15) is 0 Å². The predicted molar refractivity (Wildman–Crippen MR) is 81.1 cm³/mol. The van der Waals surface area contributed by atoms with Gasteiger partial charge in [0.05, 0.1) is 6.04 Å². The van der Waals surface area contributed by atoms with Crippen LogP contribution in [0.15, 0.2) is 51.4 Å². The van der Waals surface area contributed by atoms with Crippen molar-refractivity contribution < 1.29 is 8.81 Å². The van der Waals surface area contributed by atoms with Crippen molar-refractivity contribution >= 4 is 26.9 Å². The Morgan fingerprint density at radius 3 is 2.70 bits per heavy atom. The molecule has 3 aromatic rings. The molecule has 0 radical (unpaired) electrons. The van der Waals surface area contributed by atoms with Crippen molar-refractivity contribution in [1.82, 2.24) is 0 Å². The predicted octanol–water partition coefficient (Wildman–Crippen LogP) is 4.69. The van der Waals surface area contributed by atoms with Gasteiger partial charge in [-0.15, -0.1) is 0 Å². The SMILES string of the molecule is Cc1c(C(N)c2ccccc2F)oc2ccc(Br)cc12. The topological polar surface area (TPSA) is 39.2 Å². The second-order valence-corrected chi connectivity index (χ2v) is 5.65. The van der Waals surface area contributed by atoms with Crippen LogP contribution in [0.5, 0.6) is 0 Å². The first-order chi connectivity index (χ1) is 9.58. The quantitative estimate of drug-likeness (QED) is 0.738. The summed E-state index contributed by atoms with van der Waals surface area (Å²) in [6.45, 7) is 1.94. The molecule has 3 rings (SSSR count). The Morgan fingerprint density at radius 2 is 1.95 bits per heavy atom. The molecule has 0 bridgehead atoms. The van der Waals surface area contributed by atoms with Gasteiger partial charge in [0.2, 0.25) is 0 Å². The van der Waals surface area contributed by atoms with Gasteiger partial charge in [0, 0.05) is 21.0 Å². The summed E-state index contributed by atoms with van der Waals surface area (Å²) in [7, 11) is 0. The molecule has 0 aliphatic rings. The molecule has 0 aliphatic carbocycles. The Balaban J connectivity index is 2.15. The highest BCUT2D eigenvalue weighted by molar-refractivity contribution is 9.10. The number of nitrogens with two attached hydrogens (primary N) is 1. The zero-order valence-electron chi connectivity index (χ0n) is 10.9. The number of fused-ring (bicyclic) bond motifs is 1. The van der Waals surface area contributed by atoms with Crippen LogP contribution in [-0.4, -0.2) is 0 Å². The first kappa shape index (κ1) is 13.3. The third kappa shape index (κ3) is 2.15. The Labute approximate surface area is 124 Å². The van der Waals surface area contributed by atoms with Crippen molar-refractivity contribution in [2.45, 2.75) is 13.0 Å². The minimum atomic E-state index is -0.609. The summed E-state index contributed by atoms with van der Waals surface area (Å²) in [5.74, 6) is 0.282. The van der Waals surface area contributed by atoms with Crippen LogP contribution in [0, 0.1) is 12.7 Å². The Kier molecular flexibility index (Phi) is 3.36. The highest BCUT2D eigenvalue weighted by Gasteiger charge is 2.21. The first-order valence-corrected chi connectivity index (χ1v) is 7.06. The first-order valence-electron chi connectivity index (χ1n) is 6.26. The van der Waals surface area contributed by atoms with E-state index in [1.54, 1.807) is 18.2 Å². The fourth-order valence-corrected chi connectivity index (χ4v) is 2.74. The molecule has 0 spiro atoms. The lowest BCUT2D eigenvalue weighted by Gasteiger charge is -2.11. The van der Waals surface area contributed by atoms with E-state index >= 15 is 0 Å². The van der Waals surface area contributed by atoms with E-state index in [-0.39, 0.29) is 5.82 Å². The number of aryl methyl sites for hydroxylation is 1. The molecular weight excluding hydrogens is 321 g/mol. The van der Waals surface area contributed by atoms with E-state index < -0.39 is 6.04 Å². The van der Waals surface area contributed by atoms with Gasteiger partial charge < -0.3 is 10.2 Å². The average molecular weight is 334 g/mol. The van der Waals surface area contributed by atoms with Crippen molar-refractivity contribution in [1.29, 1.82) is 0 Å². The van der Waals surface area contributed by atoms with E-state index in [0.29, 0.717) is 11.3 Å². The van der Waals surface area contributed by atoms with E-state index in [2.05, 4.69) is 15.9 Å². The van der Waals surface area contributed by atoms with Crippen LogP contribution >= 0.6 is 15.9 Å². The minimum Gasteiger partial charge on any atom is -0.459 e. The van der Waals surface area contributed by atoms with Crippen LogP contribution in [0.2, 0.25) is 0 Å². The van der Waals surface area contributed by atoms with Crippen molar-refractivity contribution in [2.24, 2.45) is 5.73 Å². The number of hydrogen-bond acceptors (Lipinski definition) is 2. The maximum atomic E-state index is 13.8. The van der Waals surface area contributed by atoms with Crippen molar-refractivity contribution in [2.75, 3.05) is 0 Å². The van der Waals surface area contributed by atoms with Crippen LogP contribution in [0.3, 0.4) is 0 Å². The highest BCUT2D eigenvalue weighted by atomic mass is 79.9. The maximum absolute atomic E-state index is 13.8. The summed E-state index contributed by atoms with van der Waals surface area (Å²) < 4.78 is 20.6. The summed E-state index contributed by atoms with van der Waals surface area (Å²) in [5, 5.41) is 0.987. The van der Waals surface area contributed by atoms with Gasteiger partial charge >= 0.3 is 0 Å². The summed E-state index contributed by atoms with van der Waals surface area (Å²) in [6, 6.07) is 11.7. The number of hydrogen-bond donors (Lipinski definition) is 1. The number of halogens is 2.